The molecule has 2 aromatic rings. The van der Waals surface area contributed by atoms with Crippen molar-refractivity contribution in [3.05, 3.63) is 40.3 Å². The molecule has 0 radical (unpaired) electrons. The summed E-state index contributed by atoms with van der Waals surface area (Å²) in [5.41, 5.74) is 6.79. The van der Waals surface area contributed by atoms with Gasteiger partial charge in [0, 0.05) is 11.1 Å². The van der Waals surface area contributed by atoms with Crippen LogP contribution in [-0.4, -0.2) is 18.0 Å². The van der Waals surface area contributed by atoms with Crippen LogP contribution < -0.4 is 15.8 Å². The summed E-state index contributed by atoms with van der Waals surface area (Å²) in [5, 5.41) is 5.23. The van der Waals surface area contributed by atoms with Crippen molar-refractivity contribution in [1.29, 1.82) is 0 Å². The van der Waals surface area contributed by atoms with Gasteiger partial charge >= 0.3 is 0 Å². The first-order valence-electron chi connectivity index (χ1n) is 5.76. The van der Waals surface area contributed by atoms with Crippen molar-refractivity contribution >= 4 is 22.9 Å². The van der Waals surface area contributed by atoms with Crippen LogP contribution in [0.5, 0.6) is 5.75 Å². The molecule has 5 nitrogen and oxygen atoms in total. The zero-order chi connectivity index (χ0) is 13.8. The lowest BCUT2D eigenvalue weighted by Gasteiger charge is -2.04. The maximum absolute atomic E-state index is 12.0. The number of nitrogens with one attached hydrogen (secondary N) is 1. The summed E-state index contributed by atoms with van der Waals surface area (Å²) in [5.74, 6) is 0.499. The number of ether oxygens (including phenoxy) is 1. The van der Waals surface area contributed by atoms with E-state index < -0.39 is 0 Å². The van der Waals surface area contributed by atoms with Crippen LogP contribution in [0.4, 0.5) is 5.69 Å². The molecule has 0 saturated heterocycles. The fourth-order valence-corrected chi connectivity index (χ4v) is 2.23. The minimum Gasteiger partial charge on any atom is -0.497 e. The second-order valence-electron chi connectivity index (χ2n) is 4.04. The molecular weight excluding hydrogens is 262 g/mol. The minimum absolute atomic E-state index is 0.160. The van der Waals surface area contributed by atoms with Crippen LogP contribution >= 0.6 is 11.3 Å². The van der Waals surface area contributed by atoms with Crippen molar-refractivity contribution < 1.29 is 9.53 Å². The Morgan fingerprint density at radius 2 is 2.11 bits per heavy atom. The van der Waals surface area contributed by atoms with Crippen LogP contribution in [-0.2, 0) is 0 Å². The average molecular weight is 277 g/mol. The Hall–Kier alpha value is -1.92. The van der Waals surface area contributed by atoms with E-state index in [1.54, 1.807) is 36.8 Å². The second-order valence-corrected chi connectivity index (χ2v) is 4.93. The van der Waals surface area contributed by atoms with E-state index in [9.17, 15) is 4.79 Å². The van der Waals surface area contributed by atoms with Crippen molar-refractivity contribution in [2.24, 2.45) is 5.73 Å². The van der Waals surface area contributed by atoms with Crippen molar-refractivity contribution in [3.63, 3.8) is 0 Å². The smallest absolute Gasteiger partial charge is 0.275 e. The highest BCUT2D eigenvalue weighted by atomic mass is 32.1. The summed E-state index contributed by atoms with van der Waals surface area (Å²) in [6.07, 6.45) is 0. The molecule has 0 aliphatic heterocycles. The first-order chi connectivity index (χ1) is 9.10. The van der Waals surface area contributed by atoms with E-state index >= 15 is 0 Å². The lowest BCUT2D eigenvalue weighted by molar-refractivity contribution is 0.102. The molecule has 1 heterocycles. The number of nitrogens with two attached hydrogens (primary N) is 1. The Morgan fingerprint density at radius 3 is 2.63 bits per heavy atom. The molecule has 0 aliphatic carbocycles. The number of benzene rings is 1. The van der Waals surface area contributed by atoms with E-state index in [0.717, 1.165) is 10.8 Å². The Labute approximate surface area is 115 Å². The van der Waals surface area contributed by atoms with Crippen molar-refractivity contribution in [1.82, 2.24) is 4.98 Å². The molecule has 2 rings (SSSR count). The molecule has 1 atom stereocenters. The Morgan fingerprint density at radius 1 is 1.42 bits per heavy atom. The van der Waals surface area contributed by atoms with Crippen LogP contribution in [0.1, 0.15) is 28.5 Å². The van der Waals surface area contributed by atoms with Gasteiger partial charge in [0.25, 0.3) is 5.91 Å². The summed E-state index contributed by atoms with van der Waals surface area (Å²) in [6, 6.07) is 6.95. The van der Waals surface area contributed by atoms with Gasteiger partial charge in [0.05, 0.1) is 13.2 Å². The molecule has 1 unspecified atom stereocenters. The largest absolute Gasteiger partial charge is 0.497 e. The number of nitrogens with zero attached hydrogens (tertiary/aromatic N) is 1. The molecule has 3 N–H and O–H groups in total. The fraction of sp³-hybridized carbons (Fsp3) is 0.231. The first kappa shape index (κ1) is 13.5. The molecule has 0 fully saturated rings. The van der Waals surface area contributed by atoms with Gasteiger partial charge in [0.1, 0.15) is 16.5 Å². The summed E-state index contributed by atoms with van der Waals surface area (Å²) in [7, 11) is 1.60. The number of hydrogen-bond acceptors (Lipinski definition) is 5. The minimum atomic E-state index is -0.242. The lowest BCUT2D eigenvalue weighted by Crippen LogP contribution is -2.13. The van der Waals surface area contributed by atoms with Crippen LogP contribution in [0.15, 0.2) is 29.6 Å². The van der Waals surface area contributed by atoms with E-state index in [1.807, 2.05) is 6.92 Å². The van der Waals surface area contributed by atoms with Crippen molar-refractivity contribution in [3.8, 4) is 5.75 Å². The Balaban J connectivity index is 2.06. The van der Waals surface area contributed by atoms with Crippen molar-refractivity contribution in [2.75, 3.05) is 12.4 Å². The topological polar surface area (TPSA) is 77.2 Å². The van der Waals surface area contributed by atoms with Crippen LogP contribution in [0.3, 0.4) is 0 Å². The molecule has 1 amide bonds. The highest BCUT2D eigenvalue weighted by Crippen LogP contribution is 2.18. The number of anilines is 1. The third-order valence-electron chi connectivity index (χ3n) is 2.49. The first-order valence-corrected chi connectivity index (χ1v) is 6.64. The number of carbonyl (C=O) groups excluding carboxylic acids is 1. The highest BCUT2D eigenvalue weighted by molar-refractivity contribution is 7.09. The molecule has 6 heteroatoms. The quantitative estimate of drug-likeness (QED) is 0.899. The Kier molecular flexibility index (Phi) is 4.13. The third-order valence-corrected chi connectivity index (χ3v) is 3.54. The van der Waals surface area contributed by atoms with E-state index in [1.165, 1.54) is 11.3 Å². The zero-order valence-corrected chi connectivity index (χ0v) is 11.5. The molecule has 0 aliphatic rings. The summed E-state index contributed by atoms with van der Waals surface area (Å²) in [4.78, 5) is 16.2. The number of rotatable bonds is 4. The van der Waals surface area contributed by atoms with Gasteiger partial charge in [-0.25, -0.2) is 4.98 Å². The van der Waals surface area contributed by atoms with E-state index in [2.05, 4.69) is 10.3 Å². The average Bonchev–Trinajstić information content (AvgIpc) is 2.89. The van der Waals surface area contributed by atoms with Gasteiger partial charge in [-0.15, -0.1) is 11.3 Å². The molecule has 100 valence electrons. The molecule has 0 spiro atoms. The fourth-order valence-electron chi connectivity index (χ4n) is 1.47. The van der Waals surface area contributed by atoms with Crippen LogP contribution in [0.2, 0.25) is 0 Å². The number of thiazole rings is 1. The monoisotopic (exact) mass is 277 g/mol. The van der Waals surface area contributed by atoms with Gasteiger partial charge in [0.15, 0.2) is 0 Å². The molecule has 0 bridgehead atoms. The summed E-state index contributed by atoms with van der Waals surface area (Å²) >= 11 is 1.39. The van der Waals surface area contributed by atoms with Gasteiger partial charge in [-0.1, -0.05) is 0 Å². The van der Waals surface area contributed by atoms with E-state index in [0.29, 0.717) is 11.4 Å². The highest BCUT2D eigenvalue weighted by Gasteiger charge is 2.12. The number of hydrogen-bond donors (Lipinski definition) is 2. The maximum atomic E-state index is 12.0. The van der Waals surface area contributed by atoms with Gasteiger partial charge in [-0.2, -0.15) is 0 Å². The maximum Gasteiger partial charge on any atom is 0.275 e. The van der Waals surface area contributed by atoms with Crippen LogP contribution in [0, 0.1) is 0 Å². The molecule has 19 heavy (non-hydrogen) atoms. The number of aromatic nitrogens is 1. The van der Waals surface area contributed by atoms with E-state index in [4.69, 9.17) is 10.5 Å². The van der Waals surface area contributed by atoms with Gasteiger partial charge in [0.2, 0.25) is 0 Å². The predicted molar refractivity (Wildman–Crippen MR) is 75.7 cm³/mol. The number of amides is 1. The van der Waals surface area contributed by atoms with Crippen LogP contribution in [0.25, 0.3) is 0 Å². The molecule has 1 aromatic heterocycles. The normalized spacial score (nSPS) is 11.9. The molecular formula is C13H15N3O2S. The third kappa shape index (κ3) is 3.30. The molecule has 0 saturated carbocycles. The summed E-state index contributed by atoms with van der Waals surface area (Å²) in [6.45, 7) is 1.84. The molecule has 1 aromatic carbocycles. The van der Waals surface area contributed by atoms with Gasteiger partial charge in [-0.3, -0.25) is 4.79 Å². The number of carbonyl (C=O) groups is 1. The number of methoxy groups -OCH3 is 1. The Bertz CT molecular complexity index is 564. The van der Waals surface area contributed by atoms with Crippen molar-refractivity contribution in [2.45, 2.75) is 13.0 Å². The van der Waals surface area contributed by atoms with Gasteiger partial charge < -0.3 is 15.8 Å². The summed E-state index contributed by atoms with van der Waals surface area (Å²) < 4.78 is 5.05. The van der Waals surface area contributed by atoms with Gasteiger partial charge in [-0.05, 0) is 31.2 Å². The SMILES string of the molecule is COc1ccc(NC(=O)c2csc(C(C)N)n2)cc1. The standard InChI is InChI=1S/C13H15N3O2S/c1-8(14)13-16-11(7-19-13)12(17)15-9-3-5-10(18-2)6-4-9/h3-8H,14H2,1-2H3,(H,15,17). The predicted octanol–water partition coefficient (Wildman–Crippen LogP) is 2.42. The van der Waals surface area contributed by atoms with E-state index in [-0.39, 0.29) is 11.9 Å². The second kappa shape index (κ2) is 5.81. The zero-order valence-electron chi connectivity index (χ0n) is 10.7. The lowest BCUT2D eigenvalue weighted by atomic mass is 10.3.